The molecular formula is C25H22ClF2N5O4. The van der Waals surface area contributed by atoms with Crippen LogP contribution in [0.3, 0.4) is 0 Å². The van der Waals surface area contributed by atoms with Gasteiger partial charge in [0.25, 0.3) is 11.8 Å². The number of carbonyl (C=O) groups is 2. The van der Waals surface area contributed by atoms with E-state index in [-0.39, 0.29) is 23.3 Å². The highest BCUT2D eigenvalue weighted by Crippen LogP contribution is 2.34. The van der Waals surface area contributed by atoms with Crippen LogP contribution in [-0.4, -0.2) is 53.7 Å². The summed E-state index contributed by atoms with van der Waals surface area (Å²) in [7, 11) is 1.67. The number of carbonyl (C=O) groups excluding carboxylic acids is 2. The first-order valence-electron chi connectivity index (χ1n) is 11.4. The van der Waals surface area contributed by atoms with Crippen LogP contribution in [-0.2, 0) is 11.3 Å². The number of amides is 2. The van der Waals surface area contributed by atoms with E-state index < -0.39 is 11.5 Å². The van der Waals surface area contributed by atoms with Gasteiger partial charge in [-0.05, 0) is 42.8 Å². The van der Waals surface area contributed by atoms with Gasteiger partial charge in [-0.3, -0.25) is 14.6 Å². The molecule has 5 rings (SSSR count). The Balaban J connectivity index is 1.44. The van der Waals surface area contributed by atoms with Gasteiger partial charge in [0, 0.05) is 61.0 Å². The maximum Gasteiger partial charge on any atom is 0.487 e. The SMILES string of the molecule is CO[C@@H]1CCN(c2ncc(C(=O)Nc3ccc(OC(F)(F)Cl)cc3)cc2-c2cnc3c(c2)C(=O)NC3)C1. The van der Waals surface area contributed by atoms with Crippen molar-refractivity contribution in [3.8, 4) is 16.9 Å². The molecule has 9 nitrogen and oxygen atoms in total. The molecule has 0 spiro atoms. The lowest BCUT2D eigenvalue weighted by atomic mass is 10.0. The summed E-state index contributed by atoms with van der Waals surface area (Å²) in [6, 6.07) is 8.80. The molecule has 0 bridgehead atoms. The van der Waals surface area contributed by atoms with Crippen LogP contribution in [0.5, 0.6) is 5.75 Å². The van der Waals surface area contributed by atoms with E-state index in [0.717, 1.165) is 13.0 Å². The minimum Gasteiger partial charge on any atom is -0.420 e. The normalized spacial score (nSPS) is 16.9. The fourth-order valence-electron chi connectivity index (χ4n) is 4.34. The number of halogens is 3. The first kappa shape index (κ1) is 24.8. The minimum atomic E-state index is -3.83. The molecule has 1 fully saturated rings. The molecule has 2 N–H and O–H groups in total. The summed E-state index contributed by atoms with van der Waals surface area (Å²) in [4.78, 5) is 36.4. The predicted molar refractivity (Wildman–Crippen MR) is 132 cm³/mol. The first-order chi connectivity index (χ1) is 17.7. The molecule has 2 amide bonds. The van der Waals surface area contributed by atoms with E-state index in [9.17, 15) is 18.4 Å². The molecule has 0 unspecified atom stereocenters. The topological polar surface area (TPSA) is 106 Å². The number of nitrogens with zero attached hydrogens (tertiary/aromatic N) is 3. The van der Waals surface area contributed by atoms with Gasteiger partial charge in [-0.15, -0.1) is 8.78 Å². The van der Waals surface area contributed by atoms with Crippen molar-refractivity contribution < 1.29 is 27.8 Å². The molecule has 2 aliphatic heterocycles. The third kappa shape index (κ3) is 5.47. The van der Waals surface area contributed by atoms with Crippen LogP contribution in [0, 0.1) is 0 Å². The van der Waals surface area contributed by atoms with Gasteiger partial charge in [0.15, 0.2) is 0 Å². The number of pyridine rings is 2. The van der Waals surface area contributed by atoms with Gasteiger partial charge in [-0.25, -0.2) is 4.98 Å². The van der Waals surface area contributed by atoms with E-state index in [0.29, 0.717) is 47.0 Å². The molecule has 192 valence electrons. The number of anilines is 2. The standard InChI is InChI=1S/C25H22ClF2N5O4/c1-36-18-6-7-33(13-18)22-19(14-8-20-21(29-10-14)12-31-24(20)35)9-15(11-30-22)23(34)32-16-2-4-17(5-3-16)37-25(26,27)28/h2-5,8-11,18H,6-7,12-13H2,1H3,(H,31,35)(H,32,34)/t18-/m1/s1. The molecule has 4 heterocycles. The van der Waals surface area contributed by atoms with Crippen LogP contribution < -0.4 is 20.3 Å². The second-order valence-electron chi connectivity index (χ2n) is 8.61. The quantitative estimate of drug-likeness (QED) is 0.445. The van der Waals surface area contributed by atoms with Gasteiger partial charge in [0.05, 0.1) is 29.5 Å². The van der Waals surface area contributed by atoms with Crippen LogP contribution in [0.15, 0.2) is 48.8 Å². The Labute approximate surface area is 215 Å². The monoisotopic (exact) mass is 529 g/mol. The van der Waals surface area contributed by atoms with Crippen LogP contribution in [0.4, 0.5) is 20.3 Å². The molecule has 12 heteroatoms. The number of hydrogen-bond acceptors (Lipinski definition) is 7. The molecule has 0 aliphatic carbocycles. The predicted octanol–water partition coefficient (Wildman–Crippen LogP) is 4.03. The lowest BCUT2D eigenvalue weighted by molar-refractivity contribution is -0.0964. The van der Waals surface area contributed by atoms with Gasteiger partial charge in [0.2, 0.25) is 0 Å². The Morgan fingerprint density at radius 2 is 1.97 bits per heavy atom. The Morgan fingerprint density at radius 1 is 1.19 bits per heavy atom. The number of alkyl halides is 3. The second-order valence-corrected chi connectivity index (χ2v) is 9.05. The third-order valence-corrected chi connectivity index (χ3v) is 6.27. The summed E-state index contributed by atoms with van der Waals surface area (Å²) < 4.78 is 35.4. The van der Waals surface area contributed by atoms with Crippen LogP contribution in [0.25, 0.3) is 11.1 Å². The molecule has 37 heavy (non-hydrogen) atoms. The van der Waals surface area contributed by atoms with Crippen molar-refractivity contribution in [2.24, 2.45) is 0 Å². The van der Waals surface area contributed by atoms with Crippen LogP contribution in [0.2, 0.25) is 0 Å². The zero-order chi connectivity index (χ0) is 26.2. The van der Waals surface area contributed by atoms with Gasteiger partial charge < -0.3 is 25.0 Å². The van der Waals surface area contributed by atoms with Gasteiger partial charge in [0.1, 0.15) is 11.6 Å². The van der Waals surface area contributed by atoms with Gasteiger partial charge >= 0.3 is 5.57 Å². The van der Waals surface area contributed by atoms with E-state index in [2.05, 4.69) is 30.2 Å². The van der Waals surface area contributed by atoms with Crippen molar-refractivity contribution in [1.82, 2.24) is 15.3 Å². The molecule has 0 saturated carbocycles. The van der Waals surface area contributed by atoms with Crippen molar-refractivity contribution in [2.45, 2.75) is 24.6 Å². The lowest BCUT2D eigenvalue weighted by Crippen LogP contribution is -2.24. The van der Waals surface area contributed by atoms with Gasteiger partial charge in [-0.2, -0.15) is 0 Å². The molecule has 2 aromatic heterocycles. The molecule has 1 aromatic carbocycles. The Morgan fingerprint density at radius 3 is 2.68 bits per heavy atom. The van der Waals surface area contributed by atoms with Crippen molar-refractivity contribution >= 4 is 34.9 Å². The largest absolute Gasteiger partial charge is 0.487 e. The Bertz CT molecular complexity index is 1350. The van der Waals surface area contributed by atoms with Crippen LogP contribution >= 0.6 is 11.6 Å². The van der Waals surface area contributed by atoms with Crippen LogP contribution in [0.1, 0.15) is 32.8 Å². The molecule has 1 atom stereocenters. The highest BCUT2D eigenvalue weighted by atomic mass is 35.5. The first-order valence-corrected chi connectivity index (χ1v) is 11.8. The molecule has 2 aliphatic rings. The summed E-state index contributed by atoms with van der Waals surface area (Å²) in [5.74, 6) is -0.161. The second kappa shape index (κ2) is 9.91. The summed E-state index contributed by atoms with van der Waals surface area (Å²) in [6.45, 7) is 1.73. The Kier molecular flexibility index (Phi) is 6.65. The van der Waals surface area contributed by atoms with E-state index in [4.69, 9.17) is 16.3 Å². The smallest absolute Gasteiger partial charge is 0.420 e. The fraction of sp³-hybridized carbons (Fsp3) is 0.280. The number of ether oxygens (including phenoxy) is 2. The van der Waals surface area contributed by atoms with E-state index in [1.807, 2.05) is 0 Å². The number of fused-ring (bicyclic) bond motifs is 1. The van der Waals surface area contributed by atoms with Crippen molar-refractivity contribution in [3.63, 3.8) is 0 Å². The average molecular weight is 530 g/mol. The maximum absolute atomic E-state index is 13.0. The number of benzene rings is 1. The van der Waals surface area contributed by atoms with Crippen molar-refractivity contribution in [3.05, 3.63) is 65.6 Å². The summed E-state index contributed by atoms with van der Waals surface area (Å²) in [5, 5.41) is 5.47. The number of rotatable bonds is 7. The van der Waals surface area contributed by atoms with Crippen molar-refractivity contribution in [1.29, 1.82) is 0 Å². The zero-order valence-corrected chi connectivity index (χ0v) is 20.4. The summed E-state index contributed by atoms with van der Waals surface area (Å²) in [5.41, 5.74) is -0.764. The number of methoxy groups -OCH3 is 1. The summed E-state index contributed by atoms with van der Waals surface area (Å²) in [6.07, 6.45) is 4.02. The fourth-order valence-corrected chi connectivity index (χ4v) is 4.43. The zero-order valence-electron chi connectivity index (χ0n) is 19.6. The highest BCUT2D eigenvalue weighted by Gasteiger charge is 2.29. The van der Waals surface area contributed by atoms with E-state index >= 15 is 0 Å². The van der Waals surface area contributed by atoms with E-state index in [1.54, 1.807) is 25.4 Å². The summed E-state index contributed by atoms with van der Waals surface area (Å²) >= 11 is 4.78. The minimum absolute atomic E-state index is 0.0623. The number of nitrogens with one attached hydrogen (secondary N) is 2. The molecule has 1 saturated heterocycles. The van der Waals surface area contributed by atoms with E-state index in [1.165, 1.54) is 30.5 Å². The number of hydrogen-bond donors (Lipinski definition) is 2. The lowest BCUT2D eigenvalue weighted by Gasteiger charge is -2.21. The number of aromatic nitrogens is 2. The Hall–Kier alpha value is -3.83. The molecular weight excluding hydrogens is 508 g/mol. The average Bonchev–Trinajstić information content (AvgIpc) is 3.50. The third-order valence-electron chi connectivity index (χ3n) is 6.19. The van der Waals surface area contributed by atoms with Crippen molar-refractivity contribution in [2.75, 3.05) is 30.4 Å². The highest BCUT2D eigenvalue weighted by molar-refractivity contribution is 6.20. The molecule has 0 radical (unpaired) electrons. The molecule has 3 aromatic rings. The van der Waals surface area contributed by atoms with Gasteiger partial charge in [-0.1, -0.05) is 0 Å². The maximum atomic E-state index is 13.0.